The van der Waals surface area contributed by atoms with E-state index in [9.17, 15) is 4.79 Å². The van der Waals surface area contributed by atoms with Gasteiger partial charge in [-0.3, -0.25) is 9.78 Å². The Labute approximate surface area is 113 Å². The molecule has 0 aliphatic heterocycles. The van der Waals surface area contributed by atoms with Crippen LogP contribution in [0.15, 0.2) is 36.2 Å². The van der Waals surface area contributed by atoms with E-state index in [4.69, 9.17) is 5.26 Å². The number of carbonyl (C=O) groups excluding carboxylic acids is 1. The van der Waals surface area contributed by atoms with Crippen molar-refractivity contribution in [1.82, 2.24) is 15.6 Å². The average Bonchev–Trinajstić information content (AvgIpc) is 2.44. The second-order valence-corrected chi connectivity index (χ2v) is 4.15. The van der Waals surface area contributed by atoms with Gasteiger partial charge in [0.15, 0.2) is 0 Å². The summed E-state index contributed by atoms with van der Waals surface area (Å²) in [6.07, 6.45) is 3.94. The standard InChI is InChI=1S/C14H18N4O/c1-3-11(2)18-14(19)12(8-15)9-16-10-13-6-4-5-7-17-13/h4-7,9,11,16H,3,10H2,1-2H3,(H,18,19)/b12-9-. The predicted molar refractivity (Wildman–Crippen MR) is 72.7 cm³/mol. The highest BCUT2D eigenvalue weighted by Crippen LogP contribution is 1.96. The smallest absolute Gasteiger partial charge is 0.263 e. The van der Waals surface area contributed by atoms with Crippen molar-refractivity contribution >= 4 is 5.91 Å². The minimum Gasteiger partial charge on any atom is -0.384 e. The first kappa shape index (κ1) is 14.7. The van der Waals surface area contributed by atoms with Crippen LogP contribution in [-0.2, 0) is 11.3 Å². The molecule has 0 fully saturated rings. The molecule has 19 heavy (non-hydrogen) atoms. The molecule has 0 aliphatic carbocycles. The van der Waals surface area contributed by atoms with Crippen molar-refractivity contribution in [2.45, 2.75) is 32.9 Å². The zero-order valence-electron chi connectivity index (χ0n) is 11.2. The van der Waals surface area contributed by atoms with E-state index >= 15 is 0 Å². The third-order valence-electron chi connectivity index (χ3n) is 2.61. The molecule has 0 saturated heterocycles. The van der Waals surface area contributed by atoms with E-state index in [0.717, 1.165) is 12.1 Å². The number of hydrogen-bond acceptors (Lipinski definition) is 4. The lowest BCUT2D eigenvalue weighted by atomic mass is 10.2. The van der Waals surface area contributed by atoms with Crippen LogP contribution < -0.4 is 10.6 Å². The fourth-order valence-electron chi connectivity index (χ4n) is 1.31. The molecule has 0 aliphatic rings. The lowest BCUT2D eigenvalue weighted by molar-refractivity contribution is -0.117. The summed E-state index contributed by atoms with van der Waals surface area (Å²) in [7, 11) is 0. The van der Waals surface area contributed by atoms with Crippen molar-refractivity contribution in [3.63, 3.8) is 0 Å². The summed E-state index contributed by atoms with van der Waals surface area (Å²) in [6.45, 7) is 4.34. The first-order valence-corrected chi connectivity index (χ1v) is 6.21. The average molecular weight is 258 g/mol. The molecule has 5 heteroatoms. The first-order valence-electron chi connectivity index (χ1n) is 6.21. The van der Waals surface area contributed by atoms with Gasteiger partial charge in [-0.05, 0) is 25.5 Å². The van der Waals surface area contributed by atoms with Gasteiger partial charge in [-0.25, -0.2) is 0 Å². The van der Waals surface area contributed by atoms with E-state index in [2.05, 4.69) is 15.6 Å². The maximum Gasteiger partial charge on any atom is 0.263 e. The van der Waals surface area contributed by atoms with E-state index < -0.39 is 0 Å². The van der Waals surface area contributed by atoms with Crippen molar-refractivity contribution < 1.29 is 4.79 Å². The molecule has 0 radical (unpaired) electrons. The van der Waals surface area contributed by atoms with Crippen LogP contribution in [0.5, 0.6) is 0 Å². The Morgan fingerprint density at radius 1 is 1.58 bits per heavy atom. The van der Waals surface area contributed by atoms with Gasteiger partial charge in [0, 0.05) is 18.4 Å². The number of aromatic nitrogens is 1. The molecular weight excluding hydrogens is 240 g/mol. The minimum absolute atomic E-state index is 0.0556. The topological polar surface area (TPSA) is 77.8 Å². The normalized spacial score (nSPS) is 12.4. The van der Waals surface area contributed by atoms with Crippen LogP contribution in [0.25, 0.3) is 0 Å². The van der Waals surface area contributed by atoms with Crippen LogP contribution in [0.1, 0.15) is 26.0 Å². The molecular formula is C14H18N4O. The fraction of sp³-hybridized carbons (Fsp3) is 0.357. The van der Waals surface area contributed by atoms with E-state index in [1.54, 1.807) is 6.20 Å². The van der Waals surface area contributed by atoms with E-state index in [1.807, 2.05) is 38.1 Å². The molecule has 1 aromatic heterocycles. The van der Waals surface area contributed by atoms with Gasteiger partial charge in [0.1, 0.15) is 11.6 Å². The third-order valence-corrected chi connectivity index (χ3v) is 2.61. The monoisotopic (exact) mass is 258 g/mol. The van der Waals surface area contributed by atoms with Crippen molar-refractivity contribution in [3.8, 4) is 6.07 Å². The Balaban J connectivity index is 2.53. The van der Waals surface area contributed by atoms with Gasteiger partial charge < -0.3 is 10.6 Å². The summed E-state index contributed by atoms with van der Waals surface area (Å²) >= 11 is 0. The number of nitrogens with one attached hydrogen (secondary N) is 2. The van der Waals surface area contributed by atoms with Gasteiger partial charge in [-0.15, -0.1) is 0 Å². The van der Waals surface area contributed by atoms with Crippen molar-refractivity contribution in [2.24, 2.45) is 0 Å². The highest BCUT2D eigenvalue weighted by molar-refractivity contribution is 5.97. The maximum atomic E-state index is 11.7. The highest BCUT2D eigenvalue weighted by atomic mass is 16.1. The number of hydrogen-bond donors (Lipinski definition) is 2. The van der Waals surface area contributed by atoms with Gasteiger partial charge in [-0.2, -0.15) is 5.26 Å². The van der Waals surface area contributed by atoms with Gasteiger partial charge >= 0.3 is 0 Å². The van der Waals surface area contributed by atoms with E-state index in [-0.39, 0.29) is 17.5 Å². The van der Waals surface area contributed by atoms with Crippen molar-refractivity contribution in [3.05, 3.63) is 41.9 Å². The van der Waals surface area contributed by atoms with Crippen LogP contribution in [0.2, 0.25) is 0 Å². The number of pyridine rings is 1. The molecule has 1 atom stereocenters. The van der Waals surface area contributed by atoms with Crippen LogP contribution in [0.4, 0.5) is 0 Å². The van der Waals surface area contributed by atoms with Crippen LogP contribution in [0, 0.1) is 11.3 Å². The predicted octanol–water partition coefficient (Wildman–Crippen LogP) is 1.49. The second-order valence-electron chi connectivity index (χ2n) is 4.15. The van der Waals surface area contributed by atoms with Gasteiger partial charge in [0.25, 0.3) is 5.91 Å². The summed E-state index contributed by atoms with van der Waals surface area (Å²) < 4.78 is 0. The number of carbonyl (C=O) groups is 1. The van der Waals surface area contributed by atoms with Crippen LogP contribution in [-0.4, -0.2) is 16.9 Å². The Morgan fingerprint density at radius 2 is 2.37 bits per heavy atom. The second kappa shape index (κ2) is 7.88. The summed E-state index contributed by atoms with van der Waals surface area (Å²) in [4.78, 5) is 15.9. The summed E-state index contributed by atoms with van der Waals surface area (Å²) in [5, 5.41) is 14.6. The summed E-state index contributed by atoms with van der Waals surface area (Å²) in [5.74, 6) is -0.356. The van der Waals surface area contributed by atoms with Gasteiger partial charge in [0.2, 0.25) is 0 Å². The Bertz CT molecular complexity index is 476. The Kier molecular flexibility index (Phi) is 6.10. The number of rotatable bonds is 6. The van der Waals surface area contributed by atoms with Gasteiger partial charge in [-0.1, -0.05) is 13.0 Å². The quantitative estimate of drug-likeness (QED) is 0.598. The van der Waals surface area contributed by atoms with Crippen LogP contribution in [0.3, 0.4) is 0 Å². The molecule has 1 rings (SSSR count). The molecule has 1 amide bonds. The van der Waals surface area contributed by atoms with E-state index in [1.165, 1.54) is 6.20 Å². The maximum absolute atomic E-state index is 11.7. The molecule has 100 valence electrons. The minimum atomic E-state index is -0.356. The molecule has 1 heterocycles. The molecule has 0 aromatic carbocycles. The zero-order chi connectivity index (χ0) is 14.1. The number of nitrogens with zero attached hydrogens (tertiary/aromatic N) is 2. The molecule has 0 saturated carbocycles. The largest absolute Gasteiger partial charge is 0.384 e. The molecule has 0 bridgehead atoms. The zero-order valence-corrected chi connectivity index (χ0v) is 11.2. The lowest BCUT2D eigenvalue weighted by Gasteiger charge is -2.10. The number of nitriles is 1. The lowest BCUT2D eigenvalue weighted by Crippen LogP contribution is -2.33. The van der Waals surface area contributed by atoms with Crippen molar-refractivity contribution in [2.75, 3.05) is 0 Å². The Morgan fingerprint density at radius 3 is 2.95 bits per heavy atom. The van der Waals surface area contributed by atoms with Crippen LogP contribution >= 0.6 is 0 Å². The molecule has 1 unspecified atom stereocenters. The van der Waals surface area contributed by atoms with Crippen molar-refractivity contribution in [1.29, 1.82) is 5.26 Å². The molecule has 5 nitrogen and oxygen atoms in total. The van der Waals surface area contributed by atoms with Gasteiger partial charge in [0.05, 0.1) is 12.2 Å². The van der Waals surface area contributed by atoms with E-state index in [0.29, 0.717) is 6.54 Å². The fourth-order valence-corrected chi connectivity index (χ4v) is 1.31. The SMILES string of the molecule is CCC(C)NC(=O)/C(C#N)=C\NCc1ccccn1. The summed E-state index contributed by atoms with van der Waals surface area (Å²) in [6, 6.07) is 7.52. The first-order chi connectivity index (χ1) is 9.17. The molecule has 0 spiro atoms. The third kappa shape index (κ3) is 5.21. The summed E-state index contributed by atoms with van der Waals surface area (Å²) in [5.41, 5.74) is 0.912. The highest BCUT2D eigenvalue weighted by Gasteiger charge is 2.10. The molecule has 1 aromatic rings. The molecule has 2 N–H and O–H groups in total. The Hall–Kier alpha value is -2.35. The number of amides is 1.